The molecule has 0 saturated carbocycles. The van der Waals surface area contributed by atoms with E-state index in [-0.39, 0.29) is 5.91 Å². The van der Waals surface area contributed by atoms with Crippen LogP contribution in [0.3, 0.4) is 0 Å². The second-order valence-corrected chi connectivity index (χ2v) is 4.49. The molecular formula is C10H13ClN2OS. The van der Waals surface area contributed by atoms with E-state index in [2.05, 4.69) is 10.3 Å². The van der Waals surface area contributed by atoms with Gasteiger partial charge in [0.2, 0.25) is 0 Å². The van der Waals surface area contributed by atoms with Gasteiger partial charge < -0.3 is 5.32 Å². The fourth-order valence-corrected chi connectivity index (χ4v) is 2.08. The summed E-state index contributed by atoms with van der Waals surface area (Å²) >= 11 is 6.87. The third kappa shape index (κ3) is 3.64. The minimum atomic E-state index is -0.0719. The van der Waals surface area contributed by atoms with Gasteiger partial charge in [0.1, 0.15) is 4.88 Å². The van der Waals surface area contributed by atoms with E-state index in [1.54, 1.807) is 6.08 Å². The Morgan fingerprint density at radius 3 is 2.80 bits per heavy atom. The minimum absolute atomic E-state index is 0.0719. The van der Waals surface area contributed by atoms with Gasteiger partial charge >= 0.3 is 0 Å². The number of aromatic nitrogens is 1. The summed E-state index contributed by atoms with van der Waals surface area (Å²) in [5.74, 6) is 0.395. The number of amides is 1. The van der Waals surface area contributed by atoms with Crippen molar-refractivity contribution in [2.24, 2.45) is 0 Å². The number of carbonyl (C=O) groups is 1. The van der Waals surface area contributed by atoms with Crippen molar-refractivity contribution in [3.63, 3.8) is 0 Å². The van der Waals surface area contributed by atoms with Crippen molar-refractivity contribution >= 4 is 28.8 Å². The lowest BCUT2D eigenvalue weighted by Crippen LogP contribution is -2.23. The van der Waals surface area contributed by atoms with Gasteiger partial charge in [-0.25, -0.2) is 4.98 Å². The predicted molar refractivity (Wildman–Crippen MR) is 63.8 cm³/mol. The van der Waals surface area contributed by atoms with Crippen LogP contribution in [0.4, 0.5) is 0 Å². The average Bonchev–Trinajstić information content (AvgIpc) is 2.52. The van der Waals surface area contributed by atoms with E-state index in [1.165, 1.54) is 11.3 Å². The van der Waals surface area contributed by atoms with Crippen molar-refractivity contribution in [1.82, 2.24) is 10.3 Å². The molecule has 1 aromatic heterocycles. The molecule has 5 heteroatoms. The first-order chi connectivity index (χ1) is 7.15. The second-order valence-electron chi connectivity index (χ2n) is 2.98. The highest BCUT2D eigenvalue weighted by Crippen LogP contribution is 2.16. The van der Waals surface area contributed by atoms with Gasteiger partial charge in [0, 0.05) is 12.4 Å². The van der Waals surface area contributed by atoms with Crippen molar-refractivity contribution in [2.75, 3.05) is 12.4 Å². The quantitative estimate of drug-likeness (QED) is 0.652. The van der Waals surface area contributed by atoms with Crippen LogP contribution in [0.1, 0.15) is 20.4 Å². The number of hydrogen-bond donors (Lipinski definition) is 1. The van der Waals surface area contributed by atoms with Crippen LogP contribution in [0, 0.1) is 13.8 Å². The van der Waals surface area contributed by atoms with Crippen LogP contribution in [0.25, 0.3) is 0 Å². The third-order valence-corrected chi connectivity index (χ3v) is 3.00. The summed E-state index contributed by atoms with van der Waals surface area (Å²) in [5.41, 5.74) is 0.788. The highest BCUT2D eigenvalue weighted by molar-refractivity contribution is 7.13. The summed E-state index contributed by atoms with van der Waals surface area (Å²) in [6, 6.07) is 0. The Morgan fingerprint density at radius 2 is 2.27 bits per heavy atom. The molecule has 0 spiro atoms. The van der Waals surface area contributed by atoms with E-state index >= 15 is 0 Å². The van der Waals surface area contributed by atoms with Crippen molar-refractivity contribution in [3.05, 3.63) is 27.7 Å². The van der Waals surface area contributed by atoms with Gasteiger partial charge in [-0.3, -0.25) is 4.79 Å². The molecule has 0 bridgehead atoms. The number of hydrogen-bond acceptors (Lipinski definition) is 3. The fourth-order valence-electron chi connectivity index (χ4n) is 1.12. The number of allylic oxidation sites excluding steroid dienone is 1. The Bertz CT molecular complexity index is 373. The molecule has 1 rings (SSSR count). The van der Waals surface area contributed by atoms with E-state index < -0.39 is 0 Å². The Labute approximate surface area is 98.2 Å². The first-order valence-electron chi connectivity index (χ1n) is 4.58. The third-order valence-electron chi connectivity index (χ3n) is 1.75. The van der Waals surface area contributed by atoms with Crippen molar-refractivity contribution in [3.8, 4) is 0 Å². The molecule has 1 N–H and O–H groups in total. The van der Waals surface area contributed by atoms with Gasteiger partial charge in [-0.05, 0) is 13.8 Å². The Balaban J connectivity index is 2.54. The second kappa shape index (κ2) is 5.88. The van der Waals surface area contributed by atoms with E-state index in [4.69, 9.17) is 11.6 Å². The van der Waals surface area contributed by atoms with Gasteiger partial charge in [0.15, 0.2) is 0 Å². The largest absolute Gasteiger partial charge is 0.348 e. The molecule has 15 heavy (non-hydrogen) atoms. The number of alkyl halides is 1. The lowest BCUT2D eigenvalue weighted by Gasteiger charge is -1.99. The summed E-state index contributed by atoms with van der Waals surface area (Å²) in [7, 11) is 0. The van der Waals surface area contributed by atoms with Gasteiger partial charge in [-0.15, -0.1) is 22.9 Å². The first-order valence-corrected chi connectivity index (χ1v) is 5.93. The van der Waals surface area contributed by atoms with Crippen molar-refractivity contribution in [1.29, 1.82) is 0 Å². The Hall–Kier alpha value is -0.870. The number of thiazole rings is 1. The molecule has 0 aliphatic rings. The molecule has 0 atom stereocenters. The summed E-state index contributed by atoms with van der Waals surface area (Å²) in [5, 5.41) is 3.69. The normalized spacial score (nSPS) is 10.9. The zero-order valence-corrected chi connectivity index (χ0v) is 10.3. The number of carbonyl (C=O) groups excluding carboxylic acids is 1. The maximum absolute atomic E-state index is 11.6. The molecule has 1 heterocycles. The molecule has 0 aliphatic heterocycles. The standard InChI is InChI=1S/C10H13ClN2OS/c1-7-9(15-8(2)13-7)10(14)12-6-4-3-5-11/h3-4H,5-6H2,1-2H3,(H,12,14)/b4-3+. The Kier molecular flexibility index (Phi) is 4.78. The van der Waals surface area contributed by atoms with E-state index in [0.717, 1.165) is 10.7 Å². The molecule has 3 nitrogen and oxygen atoms in total. The summed E-state index contributed by atoms with van der Waals surface area (Å²) < 4.78 is 0. The zero-order valence-electron chi connectivity index (χ0n) is 8.71. The highest BCUT2D eigenvalue weighted by Gasteiger charge is 2.12. The smallest absolute Gasteiger partial charge is 0.263 e. The van der Waals surface area contributed by atoms with Gasteiger partial charge in [-0.1, -0.05) is 12.2 Å². The van der Waals surface area contributed by atoms with Crippen LogP contribution in [0.5, 0.6) is 0 Å². The molecule has 0 aromatic carbocycles. The molecule has 1 amide bonds. The number of rotatable bonds is 4. The van der Waals surface area contributed by atoms with Gasteiger partial charge in [-0.2, -0.15) is 0 Å². The minimum Gasteiger partial charge on any atom is -0.348 e. The van der Waals surface area contributed by atoms with Crippen LogP contribution in [0.2, 0.25) is 0 Å². The number of aryl methyl sites for hydroxylation is 2. The van der Waals surface area contributed by atoms with Gasteiger partial charge in [0.25, 0.3) is 5.91 Å². The molecular weight excluding hydrogens is 232 g/mol. The molecule has 0 unspecified atom stereocenters. The van der Waals surface area contributed by atoms with E-state index in [0.29, 0.717) is 17.3 Å². The van der Waals surface area contributed by atoms with Gasteiger partial charge in [0.05, 0.1) is 10.7 Å². The summed E-state index contributed by atoms with van der Waals surface area (Å²) in [6.45, 7) is 4.23. The van der Waals surface area contributed by atoms with Crippen LogP contribution >= 0.6 is 22.9 Å². The lowest BCUT2D eigenvalue weighted by atomic mass is 10.3. The van der Waals surface area contributed by atoms with Crippen LogP contribution in [-0.4, -0.2) is 23.3 Å². The monoisotopic (exact) mass is 244 g/mol. The maximum Gasteiger partial charge on any atom is 0.263 e. The first kappa shape index (κ1) is 12.2. The predicted octanol–water partition coefficient (Wildman–Crippen LogP) is 2.28. The van der Waals surface area contributed by atoms with E-state index in [1.807, 2.05) is 19.9 Å². The van der Waals surface area contributed by atoms with Crippen molar-refractivity contribution < 1.29 is 4.79 Å². The molecule has 0 aliphatic carbocycles. The molecule has 0 radical (unpaired) electrons. The SMILES string of the molecule is Cc1nc(C)c(C(=O)NC/C=C/CCl)s1. The summed E-state index contributed by atoms with van der Waals surface area (Å²) in [4.78, 5) is 16.5. The molecule has 0 fully saturated rings. The molecule has 82 valence electrons. The highest BCUT2D eigenvalue weighted by atomic mass is 35.5. The maximum atomic E-state index is 11.6. The number of nitrogens with one attached hydrogen (secondary N) is 1. The van der Waals surface area contributed by atoms with Crippen LogP contribution in [0.15, 0.2) is 12.2 Å². The molecule has 0 saturated heterocycles. The van der Waals surface area contributed by atoms with Crippen molar-refractivity contribution in [2.45, 2.75) is 13.8 Å². The van der Waals surface area contributed by atoms with Crippen LogP contribution < -0.4 is 5.32 Å². The number of nitrogens with zero attached hydrogens (tertiary/aromatic N) is 1. The fraction of sp³-hybridized carbons (Fsp3) is 0.400. The van der Waals surface area contributed by atoms with Crippen LogP contribution in [-0.2, 0) is 0 Å². The average molecular weight is 245 g/mol. The Morgan fingerprint density at radius 1 is 1.53 bits per heavy atom. The summed E-state index contributed by atoms with van der Waals surface area (Å²) in [6.07, 6.45) is 3.63. The zero-order chi connectivity index (χ0) is 11.3. The lowest BCUT2D eigenvalue weighted by molar-refractivity contribution is 0.0961. The topological polar surface area (TPSA) is 42.0 Å². The number of halogens is 1. The van der Waals surface area contributed by atoms with E-state index in [9.17, 15) is 4.79 Å². The molecule has 1 aromatic rings.